The Hall–Kier alpha value is -1.34. The van der Waals surface area contributed by atoms with E-state index in [1.807, 2.05) is 19.2 Å². The van der Waals surface area contributed by atoms with Gasteiger partial charge in [-0.3, -0.25) is 4.79 Å². The summed E-state index contributed by atoms with van der Waals surface area (Å²) in [7, 11) is 0. The van der Waals surface area contributed by atoms with E-state index in [1.165, 1.54) is 22.7 Å². The van der Waals surface area contributed by atoms with E-state index in [-0.39, 0.29) is 12.3 Å². The van der Waals surface area contributed by atoms with Crippen molar-refractivity contribution in [1.82, 2.24) is 15.2 Å². The topological polar surface area (TPSA) is 67.8 Å². The molecule has 1 N–H and O–H groups in total. The van der Waals surface area contributed by atoms with Gasteiger partial charge in [0.2, 0.25) is 11.0 Å². The van der Waals surface area contributed by atoms with Crippen LogP contribution < -0.4 is 5.32 Å². The molecule has 0 aliphatic carbocycles. The summed E-state index contributed by atoms with van der Waals surface area (Å²) >= 11 is 2.89. The molecule has 0 aromatic carbocycles. The summed E-state index contributed by atoms with van der Waals surface area (Å²) in [5.74, 6) is 0.221. The minimum atomic E-state index is -0.109. The molecule has 0 fully saturated rings. The molecule has 0 bridgehead atoms. The fourth-order valence-corrected chi connectivity index (χ4v) is 2.49. The number of nitrogens with zero attached hydrogens (tertiary/aromatic N) is 3. The molecule has 2 aromatic heterocycles. The van der Waals surface area contributed by atoms with Gasteiger partial charge in [0.15, 0.2) is 0 Å². The summed E-state index contributed by atoms with van der Waals surface area (Å²) in [5, 5.41) is 14.0. The normalized spacial score (nSPS) is 10.8. The van der Waals surface area contributed by atoms with E-state index in [1.54, 1.807) is 5.51 Å². The first-order chi connectivity index (χ1) is 8.15. The molecule has 5 nitrogen and oxygen atoms in total. The van der Waals surface area contributed by atoms with Gasteiger partial charge >= 0.3 is 0 Å². The van der Waals surface area contributed by atoms with Crippen molar-refractivity contribution in [2.24, 2.45) is 0 Å². The van der Waals surface area contributed by atoms with Crippen LogP contribution >= 0.6 is 22.7 Å². The van der Waals surface area contributed by atoms with E-state index in [9.17, 15) is 4.79 Å². The zero-order valence-electron chi connectivity index (χ0n) is 9.51. The fraction of sp³-hybridized carbons (Fsp3) is 0.400. The molecule has 0 atom stereocenters. The van der Waals surface area contributed by atoms with Crippen molar-refractivity contribution in [2.45, 2.75) is 26.2 Å². The first-order valence-electron chi connectivity index (χ1n) is 5.15. The molecule has 2 aromatic rings. The van der Waals surface area contributed by atoms with Gasteiger partial charge in [0.1, 0.15) is 5.01 Å². The second-order valence-corrected chi connectivity index (χ2v) is 5.53. The fourth-order valence-electron chi connectivity index (χ4n) is 1.17. The van der Waals surface area contributed by atoms with E-state index in [0.717, 1.165) is 10.7 Å². The third-order valence-electron chi connectivity index (χ3n) is 2.01. The lowest BCUT2D eigenvalue weighted by Gasteiger charge is -1.98. The molecule has 0 saturated carbocycles. The predicted octanol–water partition coefficient (Wildman–Crippen LogP) is 2.30. The van der Waals surface area contributed by atoms with Crippen LogP contribution in [0, 0.1) is 0 Å². The summed E-state index contributed by atoms with van der Waals surface area (Å²) in [4.78, 5) is 15.7. The predicted molar refractivity (Wildman–Crippen MR) is 68.4 cm³/mol. The van der Waals surface area contributed by atoms with Gasteiger partial charge in [-0.2, -0.15) is 0 Å². The van der Waals surface area contributed by atoms with Crippen LogP contribution in [0.2, 0.25) is 0 Å². The number of nitrogens with one attached hydrogen (secondary N) is 1. The van der Waals surface area contributed by atoms with Crippen LogP contribution in [0.4, 0.5) is 5.13 Å². The van der Waals surface area contributed by atoms with E-state index in [4.69, 9.17) is 0 Å². The highest BCUT2D eigenvalue weighted by atomic mass is 32.1. The van der Waals surface area contributed by atoms with E-state index >= 15 is 0 Å². The van der Waals surface area contributed by atoms with Crippen LogP contribution in [0.25, 0.3) is 0 Å². The van der Waals surface area contributed by atoms with Gasteiger partial charge in [0.25, 0.3) is 0 Å². The average Bonchev–Trinajstić information content (AvgIpc) is 2.88. The van der Waals surface area contributed by atoms with Crippen molar-refractivity contribution in [3.8, 4) is 0 Å². The quantitative estimate of drug-likeness (QED) is 0.924. The second kappa shape index (κ2) is 5.33. The molecule has 0 aliphatic heterocycles. The number of rotatable bonds is 4. The van der Waals surface area contributed by atoms with E-state index < -0.39 is 0 Å². The lowest BCUT2D eigenvalue weighted by atomic mass is 10.2. The molecule has 0 unspecified atom stereocenters. The molecule has 2 heterocycles. The molecular weight excluding hydrogens is 256 g/mol. The van der Waals surface area contributed by atoms with Crippen molar-refractivity contribution in [3.63, 3.8) is 0 Å². The number of anilines is 1. The molecule has 17 heavy (non-hydrogen) atoms. The van der Waals surface area contributed by atoms with Gasteiger partial charge in [-0.1, -0.05) is 25.2 Å². The smallest absolute Gasteiger partial charge is 0.232 e. The highest BCUT2D eigenvalue weighted by Gasteiger charge is 2.11. The number of carbonyl (C=O) groups excluding carboxylic acids is 1. The Labute approximate surface area is 107 Å². The lowest BCUT2D eigenvalue weighted by molar-refractivity contribution is -0.115. The van der Waals surface area contributed by atoms with Gasteiger partial charge in [-0.15, -0.1) is 21.5 Å². The first kappa shape index (κ1) is 12.1. The largest absolute Gasteiger partial charge is 0.300 e. The van der Waals surface area contributed by atoms with Gasteiger partial charge in [0.05, 0.1) is 17.6 Å². The Bertz CT molecular complexity index is 492. The average molecular weight is 268 g/mol. The van der Waals surface area contributed by atoms with Crippen molar-refractivity contribution in [1.29, 1.82) is 0 Å². The van der Waals surface area contributed by atoms with E-state index in [0.29, 0.717) is 11.0 Å². The molecule has 2 rings (SSSR count). The van der Waals surface area contributed by atoms with Crippen LogP contribution in [0.15, 0.2) is 10.9 Å². The SMILES string of the molecule is CC(C)c1nnc(NC(=O)Cc2cscn2)s1. The number of hydrogen-bond donors (Lipinski definition) is 1. The minimum absolute atomic E-state index is 0.109. The molecule has 1 amide bonds. The summed E-state index contributed by atoms with van der Waals surface area (Å²) in [6, 6.07) is 0. The second-order valence-electron chi connectivity index (χ2n) is 3.80. The lowest BCUT2D eigenvalue weighted by Crippen LogP contribution is -2.14. The summed E-state index contributed by atoms with van der Waals surface area (Å²) in [6.07, 6.45) is 0.278. The molecule has 0 aliphatic rings. The Balaban J connectivity index is 1.93. The van der Waals surface area contributed by atoms with Crippen LogP contribution in [0.5, 0.6) is 0 Å². The van der Waals surface area contributed by atoms with Crippen molar-refractivity contribution >= 4 is 33.7 Å². The summed E-state index contributed by atoms with van der Waals surface area (Å²) < 4.78 is 0. The summed E-state index contributed by atoms with van der Waals surface area (Å²) in [5.41, 5.74) is 2.49. The number of thiazole rings is 1. The Morgan fingerprint density at radius 1 is 1.47 bits per heavy atom. The number of aromatic nitrogens is 3. The molecule has 0 spiro atoms. The van der Waals surface area contributed by atoms with Crippen LogP contribution in [0.3, 0.4) is 0 Å². The third-order valence-corrected chi connectivity index (χ3v) is 3.78. The van der Waals surface area contributed by atoms with Gasteiger partial charge in [0, 0.05) is 11.3 Å². The highest BCUT2D eigenvalue weighted by Crippen LogP contribution is 2.22. The van der Waals surface area contributed by atoms with Gasteiger partial charge in [-0.25, -0.2) is 4.98 Å². The zero-order valence-corrected chi connectivity index (χ0v) is 11.1. The maximum absolute atomic E-state index is 11.7. The molecule has 7 heteroatoms. The molecule has 0 radical (unpaired) electrons. The molecule has 0 saturated heterocycles. The number of carbonyl (C=O) groups is 1. The maximum atomic E-state index is 11.7. The van der Waals surface area contributed by atoms with Crippen molar-refractivity contribution in [2.75, 3.05) is 5.32 Å². The van der Waals surface area contributed by atoms with Crippen LogP contribution in [0.1, 0.15) is 30.5 Å². The molecule has 90 valence electrons. The monoisotopic (exact) mass is 268 g/mol. The Morgan fingerprint density at radius 3 is 2.88 bits per heavy atom. The first-order valence-corrected chi connectivity index (χ1v) is 6.91. The zero-order chi connectivity index (χ0) is 12.3. The number of amides is 1. The Kier molecular flexibility index (Phi) is 3.80. The highest BCUT2D eigenvalue weighted by molar-refractivity contribution is 7.15. The molecular formula is C10H12N4OS2. The van der Waals surface area contributed by atoms with Gasteiger partial charge < -0.3 is 5.32 Å². The summed E-state index contributed by atoms with van der Waals surface area (Å²) in [6.45, 7) is 4.09. The van der Waals surface area contributed by atoms with Crippen molar-refractivity contribution < 1.29 is 4.79 Å². The third kappa shape index (κ3) is 3.31. The van der Waals surface area contributed by atoms with Gasteiger partial charge in [-0.05, 0) is 0 Å². The maximum Gasteiger partial charge on any atom is 0.232 e. The standard InChI is InChI=1S/C10H12N4OS2/c1-6(2)9-13-14-10(17-9)12-8(15)3-7-4-16-5-11-7/h4-6H,3H2,1-2H3,(H,12,14,15). The van der Waals surface area contributed by atoms with E-state index in [2.05, 4.69) is 20.5 Å². The Morgan fingerprint density at radius 2 is 2.29 bits per heavy atom. The minimum Gasteiger partial charge on any atom is -0.300 e. The van der Waals surface area contributed by atoms with Crippen molar-refractivity contribution in [3.05, 3.63) is 21.6 Å². The van der Waals surface area contributed by atoms with Crippen LogP contribution in [-0.2, 0) is 11.2 Å². The number of hydrogen-bond acceptors (Lipinski definition) is 6. The van der Waals surface area contributed by atoms with Crippen LogP contribution in [-0.4, -0.2) is 21.1 Å².